The number of aliphatic hydroxyl groups is 1. The van der Waals surface area contributed by atoms with Gasteiger partial charge < -0.3 is 21.1 Å². The maximum absolute atomic E-state index is 12.8. The summed E-state index contributed by atoms with van der Waals surface area (Å²) in [7, 11) is 1.59. The van der Waals surface area contributed by atoms with E-state index in [4.69, 9.17) is 5.73 Å². The maximum atomic E-state index is 12.8. The normalized spacial score (nSPS) is 25.1. The number of rotatable bonds is 5. The third-order valence-electron chi connectivity index (χ3n) is 6.17. The van der Waals surface area contributed by atoms with Crippen LogP contribution in [-0.4, -0.2) is 80.9 Å². The zero-order chi connectivity index (χ0) is 20.5. The Balaban J connectivity index is 1.35. The topological polar surface area (TPSA) is 117 Å². The lowest BCUT2D eigenvalue weighted by molar-refractivity contribution is 0.0433. The molecule has 156 valence electrons. The molecule has 9 heteroatoms. The van der Waals surface area contributed by atoms with Gasteiger partial charge in [-0.3, -0.25) is 9.47 Å². The van der Waals surface area contributed by atoms with Gasteiger partial charge in [0.05, 0.1) is 17.1 Å². The van der Waals surface area contributed by atoms with E-state index in [1.807, 2.05) is 24.3 Å². The van der Waals surface area contributed by atoms with Gasteiger partial charge in [-0.05, 0) is 37.8 Å². The fourth-order valence-electron chi connectivity index (χ4n) is 4.76. The number of aliphatic hydroxyl groups excluding tert-OH is 1. The smallest absolute Gasteiger partial charge is 0.327 e. The highest BCUT2D eigenvalue weighted by Crippen LogP contribution is 2.35. The number of nitrogens with one attached hydrogen (secondary N) is 1. The van der Waals surface area contributed by atoms with Crippen molar-refractivity contribution in [1.29, 1.82) is 0 Å². The molecule has 2 aromatic rings. The first kappa shape index (κ1) is 19.7. The molecule has 0 saturated carbocycles. The van der Waals surface area contributed by atoms with Crippen molar-refractivity contribution in [2.75, 3.05) is 20.1 Å². The molecule has 1 aromatic carbocycles. The van der Waals surface area contributed by atoms with E-state index in [2.05, 4.69) is 15.2 Å². The molecule has 3 heterocycles. The Hall–Kier alpha value is -2.65. The van der Waals surface area contributed by atoms with E-state index in [0.717, 1.165) is 36.7 Å². The molecule has 2 fully saturated rings. The Labute approximate surface area is 169 Å². The van der Waals surface area contributed by atoms with Crippen LogP contribution in [0.15, 0.2) is 30.6 Å². The number of hydrogen-bond donors (Lipinski definition) is 3. The molecular formula is C20H28N6O3. The van der Waals surface area contributed by atoms with E-state index in [1.165, 1.54) is 4.90 Å². The Morgan fingerprint density at radius 1 is 1.31 bits per heavy atom. The van der Waals surface area contributed by atoms with Crippen LogP contribution < -0.4 is 11.1 Å². The zero-order valence-electron chi connectivity index (χ0n) is 16.6. The van der Waals surface area contributed by atoms with Crippen molar-refractivity contribution in [2.24, 2.45) is 5.73 Å². The van der Waals surface area contributed by atoms with Crippen LogP contribution in [0, 0.1) is 0 Å². The second-order valence-corrected chi connectivity index (χ2v) is 8.18. The molecule has 0 spiro atoms. The van der Waals surface area contributed by atoms with Crippen molar-refractivity contribution in [3.05, 3.63) is 30.6 Å². The molecular weight excluding hydrogens is 372 g/mol. The Morgan fingerprint density at radius 2 is 2.00 bits per heavy atom. The number of primary amides is 1. The molecule has 0 radical (unpaired) electrons. The van der Waals surface area contributed by atoms with Gasteiger partial charge in [0.25, 0.3) is 0 Å². The minimum atomic E-state index is -0.640. The van der Waals surface area contributed by atoms with Gasteiger partial charge in [0.2, 0.25) is 0 Å². The van der Waals surface area contributed by atoms with Gasteiger partial charge in [0.15, 0.2) is 0 Å². The SMILES string of the molecule is CN(C[C@H](O)CN1C2CCC1CC(NC(=O)n1cnc3ccccc31)C2)C(N)=O. The fraction of sp³-hybridized carbons (Fsp3) is 0.550. The number of benzene rings is 1. The number of urea groups is 1. The summed E-state index contributed by atoms with van der Waals surface area (Å²) < 4.78 is 1.56. The Kier molecular flexibility index (Phi) is 5.42. The first-order valence-electron chi connectivity index (χ1n) is 10.1. The summed E-state index contributed by atoms with van der Waals surface area (Å²) in [6, 6.07) is 7.63. The van der Waals surface area contributed by atoms with Crippen LogP contribution in [0.3, 0.4) is 0 Å². The van der Waals surface area contributed by atoms with Crippen LogP contribution in [-0.2, 0) is 0 Å². The zero-order valence-corrected chi connectivity index (χ0v) is 16.6. The van der Waals surface area contributed by atoms with Gasteiger partial charge >= 0.3 is 12.1 Å². The molecule has 29 heavy (non-hydrogen) atoms. The highest BCUT2D eigenvalue weighted by Gasteiger charge is 2.41. The lowest BCUT2D eigenvalue weighted by atomic mass is 9.97. The van der Waals surface area contributed by atoms with Gasteiger partial charge in [-0.15, -0.1) is 0 Å². The van der Waals surface area contributed by atoms with Crippen LogP contribution >= 0.6 is 0 Å². The number of carbonyl (C=O) groups is 2. The minimum absolute atomic E-state index is 0.0999. The molecule has 0 aliphatic carbocycles. The van der Waals surface area contributed by atoms with Crippen molar-refractivity contribution in [3.63, 3.8) is 0 Å². The molecule has 2 aliphatic rings. The van der Waals surface area contributed by atoms with Crippen molar-refractivity contribution in [1.82, 2.24) is 24.7 Å². The van der Waals surface area contributed by atoms with Gasteiger partial charge in [-0.25, -0.2) is 14.6 Å². The first-order valence-corrected chi connectivity index (χ1v) is 10.1. The number of fused-ring (bicyclic) bond motifs is 3. The monoisotopic (exact) mass is 400 g/mol. The number of amides is 3. The quantitative estimate of drug-likeness (QED) is 0.691. The van der Waals surface area contributed by atoms with Gasteiger partial charge in [0.1, 0.15) is 6.33 Å². The maximum Gasteiger partial charge on any atom is 0.327 e. The number of nitrogens with zero attached hydrogens (tertiary/aromatic N) is 4. The van der Waals surface area contributed by atoms with Crippen LogP contribution in [0.2, 0.25) is 0 Å². The third kappa shape index (κ3) is 4.06. The standard InChI is InChI=1S/C20H28N6O3/c1-24(19(21)28)10-16(27)11-25-14-6-7-15(25)9-13(8-14)23-20(29)26-12-22-17-4-2-3-5-18(17)26/h2-5,12-16,27H,6-11H2,1H3,(H2,21,28)(H,23,29)/t13?,14?,15?,16-/m0/s1. The Morgan fingerprint density at radius 3 is 2.69 bits per heavy atom. The third-order valence-corrected chi connectivity index (χ3v) is 6.17. The van der Waals surface area contributed by atoms with Crippen molar-refractivity contribution < 1.29 is 14.7 Å². The lowest BCUT2D eigenvalue weighted by Gasteiger charge is -2.40. The van der Waals surface area contributed by atoms with Crippen molar-refractivity contribution >= 4 is 23.1 Å². The summed E-state index contributed by atoms with van der Waals surface area (Å²) in [5.41, 5.74) is 6.84. The number of para-hydroxylation sites is 2. The number of nitrogens with two attached hydrogens (primary N) is 1. The highest BCUT2D eigenvalue weighted by molar-refractivity contribution is 5.89. The van der Waals surface area contributed by atoms with E-state index >= 15 is 0 Å². The number of hydrogen-bond acceptors (Lipinski definition) is 5. The molecule has 2 saturated heterocycles. The van der Waals surface area contributed by atoms with Crippen LogP contribution in [0.1, 0.15) is 25.7 Å². The molecule has 1 aromatic heterocycles. The van der Waals surface area contributed by atoms with E-state index in [0.29, 0.717) is 18.6 Å². The van der Waals surface area contributed by atoms with E-state index in [-0.39, 0.29) is 18.6 Å². The molecule has 9 nitrogen and oxygen atoms in total. The molecule has 4 rings (SSSR count). The molecule has 2 unspecified atom stereocenters. The van der Waals surface area contributed by atoms with Crippen molar-refractivity contribution in [3.8, 4) is 0 Å². The number of aromatic nitrogens is 2. The molecule has 3 amide bonds. The predicted molar refractivity (Wildman–Crippen MR) is 108 cm³/mol. The summed E-state index contributed by atoms with van der Waals surface area (Å²) >= 11 is 0. The predicted octanol–water partition coefficient (Wildman–Crippen LogP) is 0.961. The molecule has 3 atom stereocenters. The Bertz CT molecular complexity index is 885. The highest BCUT2D eigenvalue weighted by atomic mass is 16.3. The largest absolute Gasteiger partial charge is 0.390 e. The van der Waals surface area contributed by atoms with Crippen LogP contribution in [0.25, 0.3) is 11.0 Å². The molecule has 4 N–H and O–H groups in total. The second kappa shape index (κ2) is 8.00. The lowest BCUT2D eigenvalue weighted by Crippen LogP contribution is -2.53. The van der Waals surface area contributed by atoms with Gasteiger partial charge in [-0.1, -0.05) is 12.1 Å². The summed E-state index contributed by atoms with van der Waals surface area (Å²) in [5, 5.41) is 13.5. The minimum Gasteiger partial charge on any atom is -0.390 e. The summed E-state index contributed by atoms with van der Waals surface area (Å²) in [5.74, 6) is 0. The average molecular weight is 400 g/mol. The number of carbonyl (C=O) groups excluding carboxylic acids is 2. The summed E-state index contributed by atoms with van der Waals surface area (Å²) in [6.07, 6.45) is 4.75. The first-order chi connectivity index (χ1) is 13.9. The summed E-state index contributed by atoms with van der Waals surface area (Å²) in [6.45, 7) is 0.735. The van der Waals surface area contributed by atoms with Gasteiger partial charge in [-0.2, -0.15) is 0 Å². The van der Waals surface area contributed by atoms with Gasteiger partial charge in [0, 0.05) is 38.3 Å². The van der Waals surface area contributed by atoms with E-state index in [9.17, 15) is 14.7 Å². The fourth-order valence-corrected chi connectivity index (χ4v) is 4.76. The molecule has 2 bridgehead atoms. The molecule has 2 aliphatic heterocycles. The average Bonchev–Trinajstić information content (AvgIpc) is 3.20. The number of likely N-dealkylation sites (N-methyl/N-ethyl adjacent to an activating group) is 1. The number of imidazole rings is 1. The van der Waals surface area contributed by atoms with E-state index in [1.54, 1.807) is 17.9 Å². The second-order valence-electron chi connectivity index (χ2n) is 8.18. The van der Waals surface area contributed by atoms with E-state index < -0.39 is 12.1 Å². The summed E-state index contributed by atoms with van der Waals surface area (Å²) in [4.78, 5) is 31.9. The van der Waals surface area contributed by atoms with Crippen molar-refractivity contribution in [2.45, 2.75) is 49.9 Å². The van der Waals surface area contributed by atoms with Crippen LogP contribution in [0.4, 0.5) is 9.59 Å². The number of piperidine rings is 1. The van der Waals surface area contributed by atoms with Crippen LogP contribution in [0.5, 0.6) is 0 Å².